The highest BCUT2D eigenvalue weighted by molar-refractivity contribution is 6.39. The summed E-state index contributed by atoms with van der Waals surface area (Å²) in [5.74, 6) is -0.970. The standard InChI is InChI=1S/C18H21N3O3/c1-11-6-5-7-14(8-11)21-17(23)16(22)19-10-15-12(2)9-13(3)20-18(15)24-4/h5-9H,10H2,1-4H3,(H,19,22)(H,21,23). The molecule has 1 aromatic carbocycles. The number of ether oxygens (including phenoxy) is 1. The number of rotatable bonds is 4. The normalized spacial score (nSPS) is 10.2. The van der Waals surface area contributed by atoms with E-state index >= 15 is 0 Å². The van der Waals surface area contributed by atoms with Crippen molar-refractivity contribution in [2.24, 2.45) is 0 Å². The van der Waals surface area contributed by atoms with E-state index in [9.17, 15) is 9.59 Å². The number of amides is 2. The first kappa shape index (κ1) is 17.5. The molecule has 2 rings (SSSR count). The molecule has 0 bridgehead atoms. The summed E-state index contributed by atoms with van der Waals surface area (Å²) < 4.78 is 5.25. The van der Waals surface area contributed by atoms with Gasteiger partial charge in [-0.15, -0.1) is 0 Å². The van der Waals surface area contributed by atoms with Crippen LogP contribution in [0.1, 0.15) is 22.4 Å². The van der Waals surface area contributed by atoms with E-state index in [4.69, 9.17) is 4.74 Å². The molecule has 0 fully saturated rings. The van der Waals surface area contributed by atoms with E-state index in [1.54, 1.807) is 12.1 Å². The molecule has 126 valence electrons. The third-order valence-electron chi connectivity index (χ3n) is 3.54. The van der Waals surface area contributed by atoms with Crippen molar-refractivity contribution in [1.29, 1.82) is 0 Å². The van der Waals surface area contributed by atoms with Gasteiger partial charge in [-0.05, 0) is 50.1 Å². The molecule has 0 unspecified atom stereocenters. The highest BCUT2D eigenvalue weighted by Gasteiger charge is 2.16. The Morgan fingerprint density at radius 2 is 1.88 bits per heavy atom. The van der Waals surface area contributed by atoms with Crippen molar-refractivity contribution in [2.45, 2.75) is 27.3 Å². The van der Waals surface area contributed by atoms with Crippen LogP contribution in [0.25, 0.3) is 0 Å². The minimum absolute atomic E-state index is 0.169. The van der Waals surface area contributed by atoms with Crippen LogP contribution < -0.4 is 15.4 Å². The SMILES string of the molecule is COc1nc(C)cc(C)c1CNC(=O)C(=O)Nc1cccc(C)c1. The average molecular weight is 327 g/mol. The van der Waals surface area contributed by atoms with Gasteiger partial charge in [-0.3, -0.25) is 9.59 Å². The monoisotopic (exact) mass is 327 g/mol. The summed E-state index contributed by atoms with van der Waals surface area (Å²) in [5.41, 5.74) is 4.11. The number of pyridine rings is 1. The van der Waals surface area contributed by atoms with Gasteiger partial charge >= 0.3 is 11.8 Å². The fourth-order valence-corrected chi connectivity index (χ4v) is 2.37. The Bertz CT molecular complexity index is 772. The minimum atomic E-state index is -0.711. The molecule has 6 nitrogen and oxygen atoms in total. The minimum Gasteiger partial charge on any atom is -0.481 e. The number of anilines is 1. The first-order valence-electron chi connectivity index (χ1n) is 7.57. The predicted molar refractivity (Wildman–Crippen MR) is 91.9 cm³/mol. The summed E-state index contributed by atoms with van der Waals surface area (Å²) >= 11 is 0. The lowest BCUT2D eigenvalue weighted by atomic mass is 10.1. The van der Waals surface area contributed by atoms with Crippen molar-refractivity contribution in [3.8, 4) is 5.88 Å². The van der Waals surface area contributed by atoms with Gasteiger partial charge in [-0.25, -0.2) is 4.98 Å². The van der Waals surface area contributed by atoms with Crippen molar-refractivity contribution >= 4 is 17.5 Å². The summed E-state index contributed by atoms with van der Waals surface area (Å²) in [7, 11) is 1.52. The lowest BCUT2D eigenvalue weighted by Crippen LogP contribution is -2.35. The third-order valence-corrected chi connectivity index (χ3v) is 3.54. The molecule has 0 saturated carbocycles. The smallest absolute Gasteiger partial charge is 0.313 e. The van der Waals surface area contributed by atoms with Crippen LogP contribution in [0.4, 0.5) is 5.69 Å². The number of hydrogen-bond donors (Lipinski definition) is 2. The number of carbonyl (C=O) groups excluding carboxylic acids is 2. The zero-order valence-electron chi connectivity index (χ0n) is 14.3. The Hall–Kier alpha value is -2.89. The van der Waals surface area contributed by atoms with Crippen LogP contribution in [0.3, 0.4) is 0 Å². The van der Waals surface area contributed by atoms with Gasteiger partial charge < -0.3 is 15.4 Å². The molecule has 0 atom stereocenters. The second kappa shape index (κ2) is 7.59. The van der Waals surface area contributed by atoms with Crippen molar-refractivity contribution in [3.63, 3.8) is 0 Å². The summed E-state index contributed by atoms with van der Waals surface area (Å²) in [4.78, 5) is 28.2. The fourth-order valence-electron chi connectivity index (χ4n) is 2.37. The molecule has 1 heterocycles. The molecule has 0 aliphatic carbocycles. The zero-order valence-corrected chi connectivity index (χ0v) is 14.3. The molecule has 0 aliphatic heterocycles. The quantitative estimate of drug-likeness (QED) is 0.844. The third kappa shape index (κ3) is 4.32. The molecule has 2 aromatic rings. The van der Waals surface area contributed by atoms with Crippen molar-refractivity contribution in [1.82, 2.24) is 10.3 Å². The first-order chi connectivity index (χ1) is 11.4. The van der Waals surface area contributed by atoms with Crippen LogP contribution in [0.15, 0.2) is 30.3 Å². The van der Waals surface area contributed by atoms with Crippen molar-refractivity contribution < 1.29 is 14.3 Å². The van der Waals surface area contributed by atoms with Crippen LogP contribution in [-0.4, -0.2) is 23.9 Å². The van der Waals surface area contributed by atoms with Gasteiger partial charge in [0.05, 0.1) is 7.11 Å². The summed E-state index contributed by atoms with van der Waals surface area (Å²) in [6.07, 6.45) is 0. The molecule has 2 N–H and O–H groups in total. The molecular formula is C18H21N3O3. The Morgan fingerprint density at radius 3 is 2.54 bits per heavy atom. The maximum absolute atomic E-state index is 12.0. The number of benzene rings is 1. The molecule has 24 heavy (non-hydrogen) atoms. The number of aromatic nitrogens is 1. The van der Waals surface area contributed by atoms with E-state index in [2.05, 4.69) is 15.6 Å². The lowest BCUT2D eigenvalue weighted by Gasteiger charge is -2.12. The molecule has 0 radical (unpaired) electrons. The Kier molecular flexibility index (Phi) is 5.52. The zero-order chi connectivity index (χ0) is 17.7. The summed E-state index contributed by atoms with van der Waals surface area (Å²) in [5, 5.41) is 5.17. The first-order valence-corrected chi connectivity index (χ1v) is 7.57. The van der Waals surface area contributed by atoms with E-state index in [0.717, 1.165) is 22.4 Å². The Morgan fingerprint density at radius 1 is 1.12 bits per heavy atom. The molecular weight excluding hydrogens is 306 g/mol. The summed E-state index contributed by atoms with van der Waals surface area (Å²) in [6, 6.07) is 9.15. The second-order valence-corrected chi connectivity index (χ2v) is 5.57. The number of methoxy groups -OCH3 is 1. The Balaban J connectivity index is 2.02. The summed E-state index contributed by atoms with van der Waals surface area (Å²) in [6.45, 7) is 5.86. The van der Waals surface area contributed by atoms with Gasteiger partial charge in [0, 0.05) is 23.5 Å². The molecule has 6 heteroatoms. The van der Waals surface area contributed by atoms with E-state index in [0.29, 0.717) is 11.6 Å². The maximum Gasteiger partial charge on any atom is 0.313 e. The van der Waals surface area contributed by atoms with E-state index in [1.807, 2.05) is 39.0 Å². The van der Waals surface area contributed by atoms with E-state index in [-0.39, 0.29) is 6.54 Å². The van der Waals surface area contributed by atoms with E-state index < -0.39 is 11.8 Å². The van der Waals surface area contributed by atoms with Gasteiger partial charge in [0.25, 0.3) is 0 Å². The highest BCUT2D eigenvalue weighted by Crippen LogP contribution is 2.20. The largest absolute Gasteiger partial charge is 0.481 e. The number of nitrogens with zero attached hydrogens (tertiary/aromatic N) is 1. The average Bonchev–Trinajstić information content (AvgIpc) is 2.53. The van der Waals surface area contributed by atoms with Gasteiger partial charge in [0.15, 0.2) is 0 Å². The highest BCUT2D eigenvalue weighted by atomic mass is 16.5. The van der Waals surface area contributed by atoms with Crippen molar-refractivity contribution in [2.75, 3.05) is 12.4 Å². The van der Waals surface area contributed by atoms with Gasteiger partial charge in [0.2, 0.25) is 5.88 Å². The van der Waals surface area contributed by atoms with Crippen LogP contribution in [0.5, 0.6) is 5.88 Å². The van der Waals surface area contributed by atoms with E-state index in [1.165, 1.54) is 7.11 Å². The molecule has 1 aromatic heterocycles. The molecule has 0 saturated heterocycles. The van der Waals surface area contributed by atoms with Crippen molar-refractivity contribution in [3.05, 3.63) is 52.7 Å². The van der Waals surface area contributed by atoms with Gasteiger partial charge in [-0.1, -0.05) is 12.1 Å². The number of hydrogen-bond acceptors (Lipinski definition) is 4. The fraction of sp³-hybridized carbons (Fsp3) is 0.278. The maximum atomic E-state index is 12.0. The van der Waals surface area contributed by atoms with Crippen LogP contribution in [0, 0.1) is 20.8 Å². The van der Waals surface area contributed by atoms with Crippen LogP contribution in [-0.2, 0) is 16.1 Å². The lowest BCUT2D eigenvalue weighted by molar-refractivity contribution is -0.136. The second-order valence-electron chi connectivity index (χ2n) is 5.57. The van der Waals surface area contributed by atoms with Gasteiger partial charge in [0.1, 0.15) is 0 Å². The Labute approximate surface area is 141 Å². The number of nitrogens with one attached hydrogen (secondary N) is 2. The number of aryl methyl sites for hydroxylation is 3. The van der Waals surface area contributed by atoms with Gasteiger partial charge in [-0.2, -0.15) is 0 Å². The number of carbonyl (C=O) groups is 2. The molecule has 2 amide bonds. The predicted octanol–water partition coefficient (Wildman–Crippen LogP) is 2.27. The van der Waals surface area contributed by atoms with Crippen LogP contribution in [0.2, 0.25) is 0 Å². The molecule has 0 spiro atoms. The van der Waals surface area contributed by atoms with Crippen LogP contribution >= 0.6 is 0 Å². The topological polar surface area (TPSA) is 80.3 Å². The molecule has 0 aliphatic rings.